The monoisotopic (exact) mass is 409 g/mol. The minimum absolute atomic E-state index is 0.374. The van der Waals surface area contributed by atoms with Crippen LogP contribution >= 0.6 is 11.6 Å². The van der Waals surface area contributed by atoms with Gasteiger partial charge in [0.05, 0.1) is 6.04 Å². The van der Waals surface area contributed by atoms with E-state index in [0.29, 0.717) is 17.9 Å². The average molecular weight is 410 g/mol. The van der Waals surface area contributed by atoms with Gasteiger partial charge in [0.1, 0.15) is 12.1 Å². The summed E-state index contributed by atoms with van der Waals surface area (Å²) in [5.74, 6) is -1.82. The molecule has 0 spiro atoms. The largest absolute Gasteiger partial charge is 0.454 e. The lowest BCUT2D eigenvalue weighted by atomic mass is 9.93. The molecule has 0 radical (unpaired) electrons. The number of urea groups is 1. The second kappa shape index (κ2) is 9.05. The van der Waals surface area contributed by atoms with Gasteiger partial charge in [-0.05, 0) is 31.4 Å². The molecule has 1 aromatic rings. The second-order valence-electron chi connectivity index (χ2n) is 6.58. The van der Waals surface area contributed by atoms with Crippen LogP contribution in [0.15, 0.2) is 24.3 Å². The van der Waals surface area contributed by atoms with Crippen LogP contribution in [0.1, 0.15) is 45.2 Å². The fourth-order valence-electron chi connectivity index (χ4n) is 3.06. The van der Waals surface area contributed by atoms with Crippen LogP contribution in [-0.2, 0) is 19.1 Å². The number of carbonyl (C=O) groups excluding carboxylic acids is 4. The molecule has 1 aliphatic heterocycles. The van der Waals surface area contributed by atoms with Crippen LogP contribution in [0.25, 0.3) is 0 Å². The first-order valence-electron chi connectivity index (χ1n) is 9.07. The van der Waals surface area contributed by atoms with E-state index in [2.05, 4.69) is 10.6 Å². The highest BCUT2D eigenvalue weighted by Gasteiger charge is 2.49. The van der Waals surface area contributed by atoms with Crippen LogP contribution < -0.4 is 10.6 Å². The molecule has 8 nitrogen and oxygen atoms in total. The quantitative estimate of drug-likeness (QED) is 0.505. The number of hydrogen-bond acceptors (Lipinski definition) is 5. The smallest absolute Gasteiger partial charge is 0.326 e. The summed E-state index contributed by atoms with van der Waals surface area (Å²) in [5, 5.41) is 5.81. The standard InChI is InChI=1S/C19H24ClN3O5/c1-4-19(5-2)17(26)23(18(27)22-19)10-16(25)28-11-15(24)21-12(3)13-8-6-7-9-14(13)20/h6-9,12H,4-5,10-11H2,1-3H3,(H,21,24)(H,22,27)/t12-/m0/s1. The summed E-state index contributed by atoms with van der Waals surface area (Å²) in [5.41, 5.74) is -0.252. The van der Waals surface area contributed by atoms with Crippen LogP contribution in [0.3, 0.4) is 0 Å². The molecule has 1 aliphatic rings. The lowest BCUT2D eigenvalue weighted by molar-refractivity contribution is -0.151. The molecule has 152 valence electrons. The zero-order valence-electron chi connectivity index (χ0n) is 16.1. The Morgan fingerprint density at radius 3 is 2.46 bits per heavy atom. The summed E-state index contributed by atoms with van der Waals surface area (Å²) in [6.45, 7) is 4.26. The highest BCUT2D eigenvalue weighted by Crippen LogP contribution is 2.25. The summed E-state index contributed by atoms with van der Waals surface area (Å²) >= 11 is 6.09. The van der Waals surface area contributed by atoms with Crippen molar-refractivity contribution in [3.05, 3.63) is 34.9 Å². The normalized spacial score (nSPS) is 16.5. The molecule has 1 atom stereocenters. The molecule has 9 heteroatoms. The van der Waals surface area contributed by atoms with Crippen LogP contribution in [0.4, 0.5) is 4.79 Å². The van der Waals surface area contributed by atoms with Crippen LogP contribution in [0.5, 0.6) is 0 Å². The van der Waals surface area contributed by atoms with Crippen molar-refractivity contribution < 1.29 is 23.9 Å². The molecule has 2 rings (SSSR count). The fourth-order valence-corrected chi connectivity index (χ4v) is 3.36. The van der Waals surface area contributed by atoms with E-state index >= 15 is 0 Å². The van der Waals surface area contributed by atoms with E-state index < -0.39 is 42.5 Å². The van der Waals surface area contributed by atoms with Crippen molar-refractivity contribution in [3.8, 4) is 0 Å². The Morgan fingerprint density at radius 1 is 1.25 bits per heavy atom. The Kier molecular flexibility index (Phi) is 7.01. The van der Waals surface area contributed by atoms with E-state index in [1.807, 2.05) is 0 Å². The van der Waals surface area contributed by atoms with E-state index in [1.54, 1.807) is 45.0 Å². The summed E-state index contributed by atoms with van der Waals surface area (Å²) in [6, 6.07) is 6.07. The number of halogens is 1. The Bertz CT molecular complexity index is 779. The molecule has 1 heterocycles. The maximum Gasteiger partial charge on any atom is 0.326 e. The van der Waals surface area contributed by atoms with Gasteiger partial charge in [-0.3, -0.25) is 19.3 Å². The first-order valence-corrected chi connectivity index (χ1v) is 9.45. The molecule has 1 fully saturated rings. The third kappa shape index (κ3) is 4.62. The van der Waals surface area contributed by atoms with Gasteiger partial charge in [0.2, 0.25) is 0 Å². The van der Waals surface area contributed by atoms with Gasteiger partial charge in [-0.25, -0.2) is 4.79 Å². The number of esters is 1. The molecule has 28 heavy (non-hydrogen) atoms. The maximum absolute atomic E-state index is 12.5. The Labute approximate surface area is 168 Å². The first-order chi connectivity index (χ1) is 13.2. The summed E-state index contributed by atoms with van der Waals surface area (Å²) in [4.78, 5) is 49.3. The summed E-state index contributed by atoms with van der Waals surface area (Å²) in [7, 11) is 0. The van der Waals surface area contributed by atoms with Gasteiger partial charge in [0.25, 0.3) is 11.8 Å². The number of nitrogens with one attached hydrogen (secondary N) is 2. The number of benzene rings is 1. The van der Waals surface area contributed by atoms with Crippen LogP contribution in [-0.4, -0.2) is 47.4 Å². The average Bonchev–Trinajstić information content (AvgIpc) is 2.91. The van der Waals surface area contributed by atoms with Gasteiger partial charge in [-0.2, -0.15) is 0 Å². The fraction of sp³-hybridized carbons (Fsp3) is 0.474. The number of ether oxygens (including phenoxy) is 1. The first kappa shape index (κ1) is 21.7. The van der Waals surface area contributed by atoms with Crippen molar-refractivity contribution in [3.63, 3.8) is 0 Å². The lowest BCUT2D eigenvalue weighted by Crippen LogP contribution is -2.46. The maximum atomic E-state index is 12.5. The van der Waals surface area contributed by atoms with Crippen molar-refractivity contribution in [2.45, 2.75) is 45.2 Å². The van der Waals surface area contributed by atoms with Gasteiger partial charge in [-0.15, -0.1) is 0 Å². The molecular weight excluding hydrogens is 386 g/mol. The zero-order valence-corrected chi connectivity index (χ0v) is 16.8. The number of carbonyl (C=O) groups is 4. The van der Waals surface area contributed by atoms with Crippen molar-refractivity contribution >= 4 is 35.4 Å². The lowest BCUT2D eigenvalue weighted by Gasteiger charge is -2.22. The highest BCUT2D eigenvalue weighted by atomic mass is 35.5. The summed E-state index contributed by atoms with van der Waals surface area (Å²) < 4.78 is 4.91. The minimum Gasteiger partial charge on any atom is -0.454 e. The molecule has 1 saturated heterocycles. The number of imide groups is 1. The van der Waals surface area contributed by atoms with Crippen molar-refractivity contribution in [1.82, 2.24) is 15.5 Å². The Balaban J connectivity index is 1.85. The van der Waals surface area contributed by atoms with Gasteiger partial charge in [0.15, 0.2) is 6.61 Å². The minimum atomic E-state index is -0.987. The number of rotatable bonds is 8. The van der Waals surface area contributed by atoms with Crippen LogP contribution in [0, 0.1) is 0 Å². The number of hydrogen-bond donors (Lipinski definition) is 2. The summed E-state index contributed by atoms with van der Waals surface area (Å²) in [6.07, 6.45) is 0.837. The molecule has 0 saturated carbocycles. The van der Waals surface area contributed by atoms with Crippen molar-refractivity contribution in [2.75, 3.05) is 13.2 Å². The highest BCUT2D eigenvalue weighted by molar-refractivity contribution is 6.31. The van der Waals surface area contributed by atoms with E-state index in [1.165, 1.54) is 0 Å². The third-order valence-corrected chi connectivity index (χ3v) is 5.20. The van der Waals surface area contributed by atoms with Crippen LogP contribution in [0.2, 0.25) is 5.02 Å². The number of amides is 4. The second-order valence-corrected chi connectivity index (χ2v) is 6.99. The third-order valence-electron chi connectivity index (χ3n) is 4.85. The predicted molar refractivity (Wildman–Crippen MR) is 103 cm³/mol. The topological polar surface area (TPSA) is 105 Å². The van der Waals surface area contributed by atoms with Gasteiger partial charge >= 0.3 is 12.0 Å². The molecule has 0 unspecified atom stereocenters. The molecule has 1 aromatic carbocycles. The van der Waals surface area contributed by atoms with E-state index in [4.69, 9.17) is 16.3 Å². The Hall–Kier alpha value is -2.61. The van der Waals surface area contributed by atoms with Crippen molar-refractivity contribution in [2.24, 2.45) is 0 Å². The van der Waals surface area contributed by atoms with Gasteiger partial charge in [-0.1, -0.05) is 43.6 Å². The van der Waals surface area contributed by atoms with E-state index in [9.17, 15) is 19.2 Å². The molecule has 2 N–H and O–H groups in total. The molecule has 4 amide bonds. The molecule has 0 bridgehead atoms. The SMILES string of the molecule is CCC1(CC)NC(=O)N(CC(=O)OCC(=O)N[C@@H](C)c2ccccc2Cl)C1=O. The van der Waals surface area contributed by atoms with Gasteiger partial charge < -0.3 is 15.4 Å². The predicted octanol–water partition coefficient (Wildman–Crippen LogP) is 2.17. The van der Waals surface area contributed by atoms with E-state index in [0.717, 1.165) is 10.5 Å². The van der Waals surface area contributed by atoms with Gasteiger partial charge in [0, 0.05) is 5.02 Å². The molecular formula is C19H24ClN3O5. The number of nitrogens with zero attached hydrogens (tertiary/aromatic N) is 1. The van der Waals surface area contributed by atoms with E-state index in [-0.39, 0.29) is 6.04 Å². The molecule has 0 aliphatic carbocycles. The Morgan fingerprint density at radius 2 is 1.89 bits per heavy atom. The zero-order chi connectivity index (χ0) is 20.9. The molecule has 0 aromatic heterocycles. The van der Waals surface area contributed by atoms with Crippen molar-refractivity contribution in [1.29, 1.82) is 0 Å².